The maximum atomic E-state index is 2.50. The van der Waals surface area contributed by atoms with Gasteiger partial charge < -0.3 is 0 Å². The molecular formula is C38H77S. The Hall–Kier alpha value is 0.350. The maximum absolute atomic E-state index is 2.50. The fraction of sp³-hybridized carbons (Fsp3) is 0.974. The SMILES string of the molecule is CCCCCCCCCCCCCCCCCCCCCCCCCCC[CH]SCCCCCCCCCC. The van der Waals surface area contributed by atoms with E-state index >= 15 is 0 Å². The van der Waals surface area contributed by atoms with Crippen molar-refractivity contribution in [1.82, 2.24) is 0 Å². The van der Waals surface area contributed by atoms with E-state index in [-0.39, 0.29) is 0 Å². The minimum absolute atomic E-state index is 1.33. The molecule has 0 atom stereocenters. The highest BCUT2D eigenvalue weighted by Gasteiger charge is 1.97. The minimum Gasteiger partial charge on any atom is -0.157 e. The molecule has 0 N–H and O–H groups in total. The van der Waals surface area contributed by atoms with E-state index in [1.807, 2.05) is 0 Å². The zero-order valence-corrected chi connectivity index (χ0v) is 28.6. The summed E-state index contributed by atoms with van der Waals surface area (Å²) >= 11 is 2.09. The molecule has 0 unspecified atom stereocenters. The second-order valence-electron chi connectivity index (χ2n) is 12.8. The van der Waals surface area contributed by atoms with Crippen LogP contribution in [-0.4, -0.2) is 5.75 Å². The zero-order valence-electron chi connectivity index (χ0n) is 27.7. The number of unbranched alkanes of at least 4 members (excludes halogenated alkanes) is 32. The van der Waals surface area contributed by atoms with Gasteiger partial charge in [-0.25, -0.2) is 0 Å². The van der Waals surface area contributed by atoms with Gasteiger partial charge in [0, 0.05) is 5.75 Å². The predicted octanol–water partition coefficient (Wildman–Crippen LogP) is 15.2. The Morgan fingerprint density at radius 3 is 0.795 bits per heavy atom. The van der Waals surface area contributed by atoms with Gasteiger partial charge in [0.15, 0.2) is 0 Å². The van der Waals surface area contributed by atoms with Crippen LogP contribution < -0.4 is 0 Å². The van der Waals surface area contributed by atoms with Gasteiger partial charge >= 0.3 is 0 Å². The molecule has 0 aromatic carbocycles. The first-order valence-corrected chi connectivity index (χ1v) is 19.9. The summed E-state index contributed by atoms with van der Waals surface area (Å²) in [6.45, 7) is 4.61. The van der Waals surface area contributed by atoms with E-state index < -0.39 is 0 Å². The van der Waals surface area contributed by atoms with Gasteiger partial charge in [-0.2, -0.15) is 11.8 Å². The van der Waals surface area contributed by atoms with Gasteiger partial charge in [0.1, 0.15) is 0 Å². The summed E-state index contributed by atoms with van der Waals surface area (Å²) < 4.78 is 0. The van der Waals surface area contributed by atoms with Gasteiger partial charge in [0.2, 0.25) is 0 Å². The van der Waals surface area contributed by atoms with Crippen LogP contribution in [0.5, 0.6) is 0 Å². The summed E-state index contributed by atoms with van der Waals surface area (Å²) in [6.07, 6.45) is 49.8. The largest absolute Gasteiger partial charge is 0.157 e. The first-order valence-electron chi connectivity index (χ1n) is 18.8. The molecule has 0 bridgehead atoms. The Bertz CT molecular complexity index is 356. The smallest absolute Gasteiger partial charge is 0.0166 e. The van der Waals surface area contributed by atoms with Crippen molar-refractivity contribution in [1.29, 1.82) is 0 Å². The van der Waals surface area contributed by atoms with Crippen molar-refractivity contribution in [2.45, 2.75) is 232 Å². The summed E-state index contributed by atoms with van der Waals surface area (Å²) in [6, 6.07) is 0. The van der Waals surface area contributed by atoms with Crippen LogP contribution in [0.3, 0.4) is 0 Å². The Balaban J connectivity index is 3.01. The van der Waals surface area contributed by atoms with Crippen molar-refractivity contribution in [2.75, 3.05) is 5.75 Å². The lowest BCUT2D eigenvalue weighted by atomic mass is 10.0. The van der Waals surface area contributed by atoms with Gasteiger partial charge in [-0.15, -0.1) is 0 Å². The molecule has 39 heavy (non-hydrogen) atoms. The predicted molar refractivity (Wildman–Crippen MR) is 185 cm³/mol. The first kappa shape index (κ1) is 39.4. The van der Waals surface area contributed by atoms with E-state index in [9.17, 15) is 0 Å². The molecule has 0 saturated heterocycles. The fourth-order valence-corrected chi connectivity index (χ4v) is 6.72. The molecule has 1 heteroatoms. The van der Waals surface area contributed by atoms with Gasteiger partial charge in [-0.3, -0.25) is 0 Å². The Morgan fingerprint density at radius 1 is 0.282 bits per heavy atom. The van der Waals surface area contributed by atoms with Gasteiger partial charge in [-0.1, -0.05) is 219 Å². The van der Waals surface area contributed by atoms with Crippen molar-refractivity contribution in [3.8, 4) is 0 Å². The van der Waals surface area contributed by atoms with Gasteiger partial charge in [0.25, 0.3) is 0 Å². The van der Waals surface area contributed by atoms with Crippen LogP contribution in [0.4, 0.5) is 0 Å². The van der Waals surface area contributed by atoms with Crippen LogP contribution in [0.25, 0.3) is 0 Å². The molecule has 0 aromatic rings. The average molecular weight is 566 g/mol. The first-order chi connectivity index (χ1) is 19.4. The standard InChI is InChI=1S/C38H77S/c1-3-5-7-9-11-13-14-15-16-17-18-19-20-21-22-23-24-25-26-27-28-29-30-32-34-36-38-39-37-35-33-31-12-10-8-6-4-2/h38H,3-37H2,1-2H3. The molecule has 0 amide bonds. The normalized spacial score (nSPS) is 11.5. The van der Waals surface area contributed by atoms with Crippen LogP contribution in [0.1, 0.15) is 232 Å². The van der Waals surface area contributed by atoms with Crippen LogP contribution in [0, 0.1) is 5.75 Å². The monoisotopic (exact) mass is 566 g/mol. The topological polar surface area (TPSA) is 0 Å². The third-order valence-corrected chi connectivity index (χ3v) is 9.65. The average Bonchev–Trinajstić information content (AvgIpc) is 2.95. The highest BCUT2D eigenvalue weighted by molar-refractivity contribution is 8.01. The zero-order chi connectivity index (χ0) is 28.2. The second-order valence-corrected chi connectivity index (χ2v) is 13.9. The number of hydrogen-bond donors (Lipinski definition) is 0. The summed E-state index contributed by atoms with van der Waals surface area (Å²) in [5, 5.41) is 0. The lowest BCUT2D eigenvalue weighted by Crippen LogP contribution is -1.85. The maximum Gasteiger partial charge on any atom is 0.0166 e. The van der Waals surface area contributed by atoms with E-state index in [0.717, 1.165) is 0 Å². The van der Waals surface area contributed by atoms with Crippen molar-refractivity contribution < 1.29 is 0 Å². The molecule has 1 radical (unpaired) electrons. The van der Waals surface area contributed by atoms with Gasteiger partial charge in [0.05, 0.1) is 0 Å². The van der Waals surface area contributed by atoms with E-state index in [2.05, 4.69) is 31.4 Å². The molecular weight excluding hydrogens is 488 g/mol. The van der Waals surface area contributed by atoms with Crippen LogP contribution in [-0.2, 0) is 0 Å². The Morgan fingerprint density at radius 2 is 0.513 bits per heavy atom. The number of hydrogen-bond acceptors (Lipinski definition) is 1. The fourth-order valence-electron chi connectivity index (χ4n) is 5.85. The summed E-state index contributed by atoms with van der Waals surface area (Å²) in [4.78, 5) is 0. The van der Waals surface area contributed by atoms with Gasteiger partial charge in [-0.05, 0) is 18.6 Å². The molecule has 0 aliphatic carbocycles. The molecule has 0 nitrogen and oxygen atoms in total. The van der Waals surface area contributed by atoms with Crippen molar-refractivity contribution >= 4 is 11.8 Å². The lowest BCUT2D eigenvalue weighted by Gasteiger charge is -2.05. The highest BCUT2D eigenvalue weighted by Crippen LogP contribution is 2.18. The van der Waals surface area contributed by atoms with E-state index in [0.29, 0.717) is 0 Å². The van der Waals surface area contributed by atoms with Crippen LogP contribution in [0.15, 0.2) is 0 Å². The second kappa shape index (κ2) is 38.4. The van der Waals surface area contributed by atoms with E-state index in [4.69, 9.17) is 0 Å². The molecule has 0 rings (SSSR count). The number of rotatable bonds is 36. The molecule has 0 aliphatic rings. The van der Waals surface area contributed by atoms with Crippen LogP contribution in [0.2, 0.25) is 0 Å². The minimum atomic E-state index is 1.33. The van der Waals surface area contributed by atoms with Crippen LogP contribution >= 0.6 is 11.8 Å². The quantitative estimate of drug-likeness (QED) is 0.0681. The number of thioether (sulfide) groups is 1. The molecule has 0 fully saturated rings. The Labute approximate surface area is 254 Å². The lowest BCUT2D eigenvalue weighted by molar-refractivity contribution is 0.516. The van der Waals surface area contributed by atoms with Crippen molar-refractivity contribution in [3.63, 3.8) is 0 Å². The molecule has 235 valence electrons. The van der Waals surface area contributed by atoms with E-state index in [1.54, 1.807) is 0 Å². The third-order valence-electron chi connectivity index (χ3n) is 8.66. The Kier molecular flexibility index (Phi) is 38.7. The molecule has 0 saturated carbocycles. The summed E-state index contributed by atoms with van der Waals surface area (Å²) in [5.74, 6) is 3.86. The van der Waals surface area contributed by atoms with E-state index in [1.165, 1.54) is 224 Å². The summed E-state index contributed by atoms with van der Waals surface area (Å²) in [7, 11) is 0. The third kappa shape index (κ3) is 38.4. The summed E-state index contributed by atoms with van der Waals surface area (Å²) in [5.41, 5.74) is 0. The molecule has 0 heterocycles. The molecule has 0 aromatic heterocycles. The molecule has 0 aliphatic heterocycles. The molecule has 0 spiro atoms. The van der Waals surface area contributed by atoms with Crippen molar-refractivity contribution in [2.24, 2.45) is 0 Å². The van der Waals surface area contributed by atoms with Crippen molar-refractivity contribution in [3.05, 3.63) is 5.75 Å². The highest BCUT2D eigenvalue weighted by atomic mass is 32.2.